The normalized spacial score (nSPS) is 12.0. The molecular weight excluding hydrogens is 390 g/mol. The third-order valence-electron chi connectivity index (χ3n) is 5.12. The molecule has 0 aliphatic rings. The molecule has 5 aromatic rings. The molecule has 0 radical (unpaired) electrons. The number of nitrogens with zero attached hydrogens (tertiary/aromatic N) is 3. The Labute approximate surface area is 178 Å². The van der Waals surface area contributed by atoms with E-state index in [0.717, 1.165) is 57.1 Å². The van der Waals surface area contributed by atoms with Crippen LogP contribution in [0.3, 0.4) is 0 Å². The lowest BCUT2D eigenvalue weighted by atomic mass is 10.2. The number of fused-ring (bicyclic) bond motifs is 1. The number of para-hydroxylation sites is 2. The summed E-state index contributed by atoms with van der Waals surface area (Å²) in [6.07, 6.45) is 2.66. The molecule has 2 aromatic carbocycles. The lowest BCUT2D eigenvalue weighted by Gasteiger charge is -2.08. The van der Waals surface area contributed by atoms with Gasteiger partial charge in [-0.1, -0.05) is 42.5 Å². The lowest BCUT2D eigenvalue weighted by Crippen LogP contribution is -2.17. The molecule has 148 valence electrons. The van der Waals surface area contributed by atoms with Crippen LogP contribution in [0.4, 0.5) is 5.69 Å². The van der Waals surface area contributed by atoms with Gasteiger partial charge in [0.25, 0.3) is 0 Å². The van der Waals surface area contributed by atoms with Gasteiger partial charge in [-0.05, 0) is 42.8 Å². The molecule has 5 rings (SSSR count). The number of furan rings is 1. The molecule has 0 N–H and O–H groups in total. The zero-order valence-electron chi connectivity index (χ0n) is 16.7. The van der Waals surface area contributed by atoms with E-state index in [1.165, 1.54) is 0 Å². The van der Waals surface area contributed by atoms with Crippen molar-refractivity contribution in [2.75, 3.05) is 0 Å². The second-order valence-electron chi connectivity index (χ2n) is 7.17. The monoisotopic (exact) mass is 411 g/mol. The number of aryl methyl sites for hydroxylation is 2. The maximum atomic E-state index is 6.16. The topological polar surface area (TPSA) is 43.3 Å². The highest BCUT2D eigenvalue weighted by Gasteiger charge is 2.13. The van der Waals surface area contributed by atoms with Gasteiger partial charge in [-0.3, -0.25) is 4.98 Å². The van der Waals surface area contributed by atoms with Crippen molar-refractivity contribution >= 4 is 28.0 Å². The van der Waals surface area contributed by atoms with Crippen LogP contribution in [0.1, 0.15) is 11.3 Å². The van der Waals surface area contributed by atoms with Gasteiger partial charge in [0.1, 0.15) is 5.58 Å². The summed E-state index contributed by atoms with van der Waals surface area (Å²) in [4.78, 5) is 10.4. The highest BCUT2D eigenvalue weighted by Crippen LogP contribution is 2.28. The van der Waals surface area contributed by atoms with E-state index in [0.29, 0.717) is 0 Å². The van der Waals surface area contributed by atoms with Crippen molar-refractivity contribution in [1.29, 1.82) is 0 Å². The highest BCUT2D eigenvalue weighted by atomic mass is 32.1. The quantitative estimate of drug-likeness (QED) is 0.348. The fraction of sp³-hybridized carbons (Fsp3) is 0.120. The Morgan fingerprint density at radius 1 is 1.00 bits per heavy atom. The fourth-order valence-electron chi connectivity index (χ4n) is 3.51. The van der Waals surface area contributed by atoms with Gasteiger partial charge < -0.3 is 8.98 Å². The van der Waals surface area contributed by atoms with Crippen LogP contribution in [0.2, 0.25) is 0 Å². The number of pyridine rings is 1. The Morgan fingerprint density at radius 3 is 2.67 bits per heavy atom. The van der Waals surface area contributed by atoms with Crippen LogP contribution in [-0.2, 0) is 13.0 Å². The first kappa shape index (κ1) is 18.6. The molecule has 0 aliphatic heterocycles. The average Bonchev–Trinajstić information content (AvgIpc) is 3.38. The minimum absolute atomic E-state index is 0.775. The van der Waals surface area contributed by atoms with Crippen molar-refractivity contribution < 1.29 is 4.42 Å². The van der Waals surface area contributed by atoms with E-state index in [-0.39, 0.29) is 0 Å². The number of hydrogen-bond acceptors (Lipinski definition) is 4. The van der Waals surface area contributed by atoms with E-state index >= 15 is 0 Å². The van der Waals surface area contributed by atoms with Gasteiger partial charge in [0.2, 0.25) is 0 Å². The number of benzene rings is 2. The molecule has 0 fully saturated rings. The molecule has 3 aromatic heterocycles. The van der Waals surface area contributed by atoms with Crippen LogP contribution in [-0.4, -0.2) is 9.55 Å². The summed E-state index contributed by atoms with van der Waals surface area (Å²) < 4.78 is 8.40. The SMILES string of the molecule is Cc1ccccc1N=c1scc(-c2cc3ccccc3o2)n1CCc1ccccn1. The predicted molar refractivity (Wildman–Crippen MR) is 122 cm³/mol. The first-order valence-electron chi connectivity index (χ1n) is 9.95. The molecule has 5 heteroatoms. The van der Waals surface area contributed by atoms with Gasteiger partial charge in [0.05, 0.1) is 11.4 Å². The van der Waals surface area contributed by atoms with Crippen molar-refractivity contribution in [1.82, 2.24) is 9.55 Å². The Balaban J connectivity index is 1.61. The highest BCUT2D eigenvalue weighted by molar-refractivity contribution is 7.07. The summed E-state index contributed by atoms with van der Waals surface area (Å²) in [6.45, 7) is 2.86. The van der Waals surface area contributed by atoms with Gasteiger partial charge in [0.15, 0.2) is 10.6 Å². The van der Waals surface area contributed by atoms with E-state index in [1.54, 1.807) is 11.3 Å². The lowest BCUT2D eigenvalue weighted by molar-refractivity contribution is 0.606. The summed E-state index contributed by atoms with van der Waals surface area (Å²) in [5.74, 6) is 0.861. The van der Waals surface area contributed by atoms with Crippen LogP contribution in [0.5, 0.6) is 0 Å². The smallest absolute Gasteiger partial charge is 0.190 e. The minimum atomic E-state index is 0.775. The van der Waals surface area contributed by atoms with Gasteiger partial charge in [0, 0.05) is 35.6 Å². The van der Waals surface area contributed by atoms with Crippen molar-refractivity contribution in [3.63, 3.8) is 0 Å². The second-order valence-corrected chi connectivity index (χ2v) is 8.01. The average molecular weight is 412 g/mol. The number of aromatic nitrogens is 2. The van der Waals surface area contributed by atoms with Crippen LogP contribution in [0, 0.1) is 6.92 Å². The summed E-state index contributed by atoms with van der Waals surface area (Å²) in [5.41, 5.74) is 5.15. The van der Waals surface area contributed by atoms with E-state index < -0.39 is 0 Å². The first-order valence-corrected chi connectivity index (χ1v) is 10.8. The minimum Gasteiger partial charge on any atom is -0.454 e. The molecule has 4 nitrogen and oxygen atoms in total. The molecule has 0 bridgehead atoms. The van der Waals surface area contributed by atoms with Crippen LogP contribution in [0.15, 0.2) is 93.8 Å². The second kappa shape index (κ2) is 8.13. The predicted octanol–water partition coefficient (Wildman–Crippen LogP) is 6.14. The molecule has 0 aliphatic carbocycles. The van der Waals surface area contributed by atoms with Gasteiger partial charge in [-0.2, -0.15) is 0 Å². The number of thiazole rings is 1. The Morgan fingerprint density at radius 2 is 1.83 bits per heavy atom. The Kier molecular flexibility index (Phi) is 5.03. The summed E-state index contributed by atoms with van der Waals surface area (Å²) in [7, 11) is 0. The summed E-state index contributed by atoms with van der Waals surface area (Å²) >= 11 is 1.64. The Hall–Kier alpha value is -3.44. The summed E-state index contributed by atoms with van der Waals surface area (Å²) in [5, 5.41) is 3.24. The maximum Gasteiger partial charge on any atom is 0.190 e. The van der Waals surface area contributed by atoms with Crippen LogP contribution < -0.4 is 4.80 Å². The Bertz CT molecular complexity index is 1330. The zero-order valence-corrected chi connectivity index (χ0v) is 17.5. The van der Waals surface area contributed by atoms with E-state index in [2.05, 4.69) is 52.2 Å². The summed E-state index contributed by atoms with van der Waals surface area (Å²) in [6, 6.07) is 24.4. The molecule has 0 atom stereocenters. The standard InChI is InChI=1S/C25H21N3OS/c1-18-8-2-4-11-21(18)27-25-28(15-13-20-10-6-7-14-26-20)22(17-30-25)24-16-19-9-3-5-12-23(19)29-24/h2-12,14,16-17H,13,15H2,1H3. The van der Waals surface area contributed by atoms with Gasteiger partial charge in [-0.25, -0.2) is 4.99 Å². The number of rotatable bonds is 5. The van der Waals surface area contributed by atoms with Gasteiger partial charge in [-0.15, -0.1) is 11.3 Å². The molecule has 30 heavy (non-hydrogen) atoms. The molecule has 0 amide bonds. The molecule has 0 saturated carbocycles. The third-order valence-corrected chi connectivity index (χ3v) is 5.99. The molecule has 3 heterocycles. The largest absolute Gasteiger partial charge is 0.454 e. The molecule has 0 spiro atoms. The molecule has 0 saturated heterocycles. The van der Waals surface area contributed by atoms with Crippen molar-refractivity contribution in [2.24, 2.45) is 4.99 Å². The van der Waals surface area contributed by atoms with Crippen molar-refractivity contribution in [3.05, 3.63) is 100 Å². The van der Waals surface area contributed by atoms with Crippen molar-refractivity contribution in [3.8, 4) is 11.5 Å². The van der Waals surface area contributed by atoms with E-state index in [1.807, 2.05) is 48.7 Å². The number of hydrogen-bond donors (Lipinski definition) is 0. The van der Waals surface area contributed by atoms with Crippen molar-refractivity contribution in [2.45, 2.75) is 19.9 Å². The van der Waals surface area contributed by atoms with Crippen LogP contribution >= 0.6 is 11.3 Å². The molecular formula is C25H21N3OS. The first-order chi connectivity index (χ1) is 14.8. The molecule has 0 unspecified atom stereocenters. The van der Waals surface area contributed by atoms with E-state index in [9.17, 15) is 0 Å². The van der Waals surface area contributed by atoms with E-state index in [4.69, 9.17) is 9.41 Å². The van der Waals surface area contributed by atoms with Crippen LogP contribution in [0.25, 0.3) is 22.4 Å². The third kappa shape index (κ3) is 3.72. The zero-order chi connectivity index (χ0) is 20.3. The maximum absolute atomic E-state index is 6.16. The van der Waals surface area contributed by atoms with Gasteiger partial charge >= 0.3 is 0 Å². The fourth-order valence-corrected chi connectivity index (χ4v) is 4.43.